The normalized spacial score (nSPS) is 11.2. The summed E-state index contributed by atoms with van der Waals surface area (Å²) in [5.41, 5.74) is -0.387. The fourth-order valence-corrected chi connectivity index (χ4v) is 0.272. The van der Waals surface area contributed by atoms with Crippen LogP contribution in [0.25, 0.3) is 0 Å². The van der Waals surface area contributed by atoms with Crippen molar-refractivity contribution in [3.63, 3.8) is 0 Å². The Balaban J connectivity index is 4.18. The Morgan fingerprint density at radius 3 is 2.22 bits per heavy atom. The van der Waals surface area contributed by atoms with Crippen molar-refractivity contribution in [2.45, 2.75) is 19.5 Å². The molecule has 0 radical (unpaired) electrons. The van der Waals surface area contributed by atoms with Crippen molar-refractivity contribution < 1.29 is 0 Å². The Bertz CT molecular complexity index is 131. The fraction of sp³-hybridized carbons (Fsp3) is 0.667. The fourth-order valence-electron chi connectivity index (χ4n) is 0.272. The molecule has 0 aliphatic heterocycles. The summed E-state index contributed by atoms with van der Waals surface area (Å²) in [6, 6.07) is 0. The molecule has 0 aliphatic rings. The van der Waals surface area contributed by atoms with Gasteiger partial charge in [-0.1, -0.05) is 0 Å². The third-order valence-electron chi connectivity index (χ3n) is 1.22. The van der Waals surface area contributed by atoms with Gasteiger partial charge in [0.05, 0.1) is 0 Å². The molecule has 0 aromatic rings. The van der Waals surface area contributed by atoms with Crippen LogP contribution in [0.5, 0.6) is 0 Å². The van der Waals surface area contributed by atoms with Crippen LogP contribution in [0, 0.1) is 0 Å². The second-order valence-corrected chi connectivity index (χ2v) is 2.38. The van der Waals surface area contributed by atoms with Crippen LogP contribution in [0.15, 0.2) is 11.6 Å². The largest absolute Gasteiger partial charge is 0.267 e. The zero-order valence-electron chi connectivity index (χ0n) is 6.18. The second kappa shape index (κ2) is 2.78. The van der Waals surface area contributed by atoms with E-state index in [0.29, 0.717) is 0 Å². The van der Waals surface area contributed by atoms with Crippen LogP contribution in [0.2, 0.25) is 0 Å². The van der Waals surface area contributed by atoms with E-state index in [4.69, 9.17) is 5.84 Å². The van der Waals surface area contributed by atoms with Gasteiger partial charge in [0.2, 0.25) is 0 Å². The lowest BCUT2D eigenvalue weighted by atomic mass is 10.2. The van der Waals surface area contributed by atoms with Crippen molar-refractivity contribution in [2.24, 2.45) is 10.8 Å². The Morgan fingerprint density at radius 2 is 2.11 bits per heavy atom. The third-order valence-corrected chi connectivity index (χ3v) is 1.22. The maximum Gasteiger partial charge on any atom is 0.128 e. The molecule has 0 aromatic heterocycles. The summed E-state index contributed by atoms with van der Waals surface area (Å²) < 4.78 is 0. The van der Waals surface area contributed by atoms with Crippen molar-refractivity contribution in [1.82, 2.24) is 5.01 Å². The first-order valence-electron chi connectivity index (χ1n) is 2.73. The number of hydrogen-bond donors (Lipinski definition) is 1. The molecule has 0 fully saturated rings. The molecule has 0 bridgehead atoms. The molecule has 0 heterocycles. The molecule has 0 unspecified atom stereocenters. The van der Waals surface area contributed by atoms with Crippen LogP contribution in [0.4, 0.5) is 0 Å². The van der Waals surface area contributed by atoms with Crippen molar-refractivity contribution in [2.75, 3.05) is 7.05 Å². The molecule has 0 rings (SSSR count). The van der Waals surface area contributed by atoms with Gasteiger partial charge in [0, 0.05) is 7.05 Å². The molecule has 3 heteroatoms. The topological polar surface area (TPSA) is 41.6 Å². The van der Waals surface area contributed by atoms with Crippen LogP contribution in [0.3, 0.4) is 0 Å². The predicted molar refractivity (Wildman–Crippen MR) is 39.1 cm³/mol. The highest BCUT2D eigenvalue weighted by atomic mass is 15.5. The zero-order valence-corrected chi connectivity index (χ0v) is 6.18. The number of rotatable bonds is 2. The van der Waals surface area contributed by atoms with E-state index >= 15 is 0 Å². The molecule has 0 aliphatic carbocycles. The summed E-state index contributed by atoms with van der Waals surface area (Å²) >= 11 is 0. The van der Waals surface area contributed by atoms with Gasteiger partial charge in [-0.05, 0) is 26.3 Å². The lowest BCUT2D eigenvalue weighted by molar-refractivity contribution is 0.170. The monoisotopic (exact) mass is 127 g/mol. The molecule has 0 saturated carbocycles. The van der Waals surface area contributed by atoms with E-state index in [0.717, 1.165) is 0 Å². The highest BCUT2D eigenvalue weighted by Gasteiger charge is 2.17. The number of aliphatic imine (C=N–C) groups is 1. The Kier molecular flexibility index (Phi) is 2.59. The molecule has 2 N–H and O–H groups in total. The van der Waals surface area contributed by atoms with Crippen molar-refractivity contribution in [3.8, 4) is 0 Å². The summed E-state index contributed by atoms with van der Waals surface area (Å²) in [4.78, 5) is 3.90. The Labute approximate surface area is 55.8 Å². The van der Waals surface area contributed by atoms with Gasteiger partial charge in [0.25, 0.3) is 0 Å². The van der Waals surface area contributed by atoms with Gasteiger partial charge < -0.3 is 0 Å². The molecule has 0 saturated heterocycles. The number of hydrazine groups is 1. The minimum Gasteiger partial charge on any atom is -0.267 e. The van der Waals surface area contributed by atoms with E-state index in [1.807, 2.05) is 13.8 Å². The van der Waals surface area contributed by atoms with Gasteiger partial charge in [-0.15, -0.1) is 0 Å². The van der Waals surface area contributed by atoms with E-state index < -0.39 is 0 Å². The quantitative estimate of drug-likeness (QED) is 0.331. The van der Waals surface area contributed by atoms with Crippen LogP contribution in [-0.2, 0) is 0 Å². The molecular weight excluding hydrogens is 114 g/mol. The van der Waals surface area contributed by atoms with E-state index in [1.54, 1.807) is 7.05 Å². The third kappa shape index (κ3) is 2.42. The van der Waals surface area contributed by atoms with E-state index in [9.17, 15) is 0 Å². The molecule has 52 valence electrons. The van der Waals surface area contributed by atoms with Crippen molar-refractivity contribution in [1.29, 1.82) is 0 Å². The summed E-state index contributed by atoms with van der Waals surface area (Å²) in [6.07, 6.45) is 0. The van der Waals surface area contributed by atoms with Crippen molar-refractivity contribution in [3.05, 3.63) is 6.58 Å². The highest BCUT2D eigenvalue weighted by molar-refractivity contribution is 5.47. The molecule has 3 nitrogen and oxygen atoms in total. The van der Waals surface area contributed by atoms with Gasteiger partial charge >= 0.3 is 0 Å². The van der Waals surface area contributed by atoms with Gasteiger partial charge in [-0.3, -0.25) is 5.84 Å². The molecule has 0 aromatic carbocycles. The lowest BCUT2D eigenvalue weighted by Gasteiger charge is -2.25. The van der Waals surface area contributed by atoms with E-state index in [-0.39, 0.29) is 5.66 Å². The van der Waals surface area contributed by atoms with E-state index in [1.165, 1.54) is 5.01 Å². The van der Waals surface area contributed by atoms with Gasteiger partial charge in [0.1, 0.15) is 5.66 Å². The highest BCUT2D eigenvalue weighted by Crippen LogP contribution is 2.07. The minimum atomic E-state index is -0.387. The standard InChI is InChI=1S/C6H13N3/c1-5-8-6(2,3)9(4)7/h1,7H2,2-4H3. The van der Waals surface area contributed by atoms with Gasteiger partial charge in [-0.2, -0.15) is 0 Å². The second-order valence-electron chi connectivity index (χ2n) is 2.38. The first kappa shape index (κ1) is 8.37. The SMILES string of the molecule is C=C=NC(C)(C)N(C)N. The van der Waals surface area contributed by atoms with Gasteiger partial charge in [0.15, 0.2) is 0 Å². The predicted octanol–water partition coefficient (Wildman–Crippen LogP) is 0.384. The number of nitrogens with zero attached hydrogens (tertiary/aromatic N) is 2. The Morgan fingerprint density at radius 1 is 1.67 bits per heavy atom. The van der Waals surface area contributed by atoms with Crippen LogP contribution in [-0.4, -0.2) is 23.6 Å². The van der Waals surface area contributed by atoms with Crippen molar-refractivity contribution >= 4 is 5.87 Å². The summed E-state index contributed by atoms with van der Waals surface area (Å²) in [5, 5.41) is 1.51. The maximum atomic E-state index is 5.43. The van der Waals surface area contributed by atoms with Crippen LogP contribution < -0.4 is 5.84 Å². The molecule has 0 spiro atoms. The first-order chi connectivity index (χ1) is 4.00. The summed E-state index contributed by atoms with van der Waals surface area (Å²) in [7, 11) is 1.75. The van der Waals surface area contributed by atoms with Crippen LogP contribution >= 0.6 is 0 Å². The molecular formula is C6H13N3. The average molecular weight is 127 g/mol. The summed E-state index contributed by atoms with van der Waals surface area (Å²) in [5.74, 6) is 7.87. The number of nitrogens with two attached hydrogens (primary N) is 1. The number of hydrogen-bond acceptors (Lipinski definition) is 3. The lowest BCUT2D eigenvalue weighted by Crippen LogP contribution is -2.44. The van der Waals surface area contributed by atoms with E-state index in [2.05, 4.69) is 17.4 Å². The molecule has 0 atom stereocenters. The van der Waals surface area contributed by atoms with Crippen LogP contribution in [0.1, 0.15) is 13.8 Å². The molecule has 9 heavy (non-hydrogen) atoms. The molecule has 0 amide bonds. The summed E-state index contributed by atoms with van der Waals surface area (Å²) in [6.45, 7) is 7.11. The maximum absolute atomic E-state index is 5.43. The average Bonchev–Trinajstić information content (AvgIpc) is 1.65. The first-order valence-corrected chi connectivity index (χ1v) is 2.73. The minimum absolute atomic E-state index is 0.387. The van der Waals surface area contributed by atoms with Gasteiger partial charge in [-0.25, -0.2) is 10.0 Å². The zero-order chi connectivity index (χ0) is 7.49. The smallest absolute Gasteiger partial charge is 0.128 e. The Hall–Kier alpha value is -0.630.